The van der Waals surface area contributed by atoms with Crippen molar-refractivity contribution in [2.45, 2.75) is 76.6 Å². The molecular formula is C39H51N9O8S2. The van der Waals surface area contributed by atoms with Gasteiger partial charge in [0.1, 0.15) is 45.7 Å². The molecule has 0 spiro atoms. The van der Waals surface area contributed by atoms with Crippen LogP contribution in [0.15, 0.2) is 48.5 Å². The number of piperazine rings is 1. The van der Waals surface area contributed by atoms with Crippen LogP contribution in [0.25, 0.3) is 22.0 Å². The van der Waals surface area contributed by atoms with Crippen molar-refractivity contribution in [3.8, 4) is 27.7 Å². The van der Waals surface area contributed by atoms with E-state index < -0.39 is 68.8 Å². The number of nitrogens with one attached hydrogen (secondary N) is 2. The molecule has 0 bridgehead atoms. The van der Waals surface area contributed by atoms with Gasteiger partial charge in [-0.05, 0) is 62.4 Å². The van der Waals surface area contributed by atoms with Gasteiger partial charge in [0.05, 0.1) is 13.2 Å². The Morgan fingerprint density at radius 3 is 2.31 bits per heavy atom. The molecule has 2 saturated heterocycles. The van der Waals surface area contributed by atoms with Crippen molar-refractivity contribution in [3.63, 3.8) is 0 Å². The molecule has 58 heavy (non-hydrogen) atoms. The van der Waals surface area contributed by atoms with Crippen molar-refractivity contribution in [1.29, 1.82) is 0 Å². The molecule has 2 aliphatic carbocycles. The Morgan fingerprint density at radius 2 is 1.74 bits per heavy atom. The van der Waals surface area contributed by atoms with Gasteiger partial charge in [0.2, 0.25) is 11.8 Å². The minimum atomic E-state index is -4.22. The number of likely N-dealkylation sites (tertiary alicyclic amines) is 1. The van der Waals surface area contributed by atoms with Gasteiger partial charge in [0.15, 0.2) is 0 Å². The molecule has 312 valence electrons. The van der Waals surface area contributed by atoms with Crippen LogP contribution in [0.3, 0.4) is 0 Å². The van der Waals surface area contributed by atoms with Crippen molar-refractivity contribution < 1.29 is 37.1 Å². The Kier molecular flexibility index (Phi) is 11.5. The summed E-state index contributed by atoms with van der Waals surface area (Å²) in [7, 11) is -0.758. The highest BCUT2D eigenvalue weighted by Gasteiger charge is 2.62. The molecule has 3 amide bonds. The van der Waals surface area contributed by atoms with Gasteiger partial charge in [0.25, 0.3) is 5.91 Å². The third kappa shape index (κ3) is 8.26. The molecule has 19 heteroatoms. The van der Waals surface area contributed by atoms with Crippen LogP contribution in [0, 0.1) is 17.3 Å². The zero-order valence-electron chi connectivity index (χ0n) is 33.4. The topological polar surface area (TPSA) is 198 Å². The van der Waals surface area contributed by atoms with Crippen LogP contribution < -0.4 is 14.8 Å². The number of carbonyl (C=O) groups excluding carboxylic acids is 4. The third-order valence-corrected chi connectivity index (χ3v) is 13.8. The molecule has 2 saturated carbocycles. The number of hydrogen-bond acceptors (Lipinski definition) is 13. The lowest BCUT2D eigenvalue weighted by Crippen LogP contribution is -2.59. The normalized spacial score (nSPS) is 24.7. The zero-order valence-corrected chi connectivity index (χ0v) is 35.1. The third-order valence-electron chi connectivity index (χ3n) is 11.6. The van der Waals surface area contributed by atoms with Crippen LogP contribution in [-0.2, 0) is 34.1 Å². The fraction of sp³-hybridized carbons (Fsp3) is 0.564. The van der Waals surface area contributed by atoms with E-state index in [-0.39, 0.29) is 38.6 Å². The number of thiazole rings is 1. The van der Waals surface area contributed by atoms with Crippen LogP contribution in [0.5, 0.6) is 5.75 Å². The first-order valence-electron chi connectivity index (χ1n) is 19.5. The molecule has 2 aromatic heterocycles. The van der Waals surface area contributed by atoms with E-state index in [2.05, 4.69) is 21.6 Å². The number of aromatic nitrogens is 4. The maximum absolute atomic E-state index is 14.8. The van der Waals surface area contributed by atoms with E-state index in [0.29, 0.717) is 35.2 Å². The summed E-state index contributed by atoms with van der Waals surface area (Å²) in [5.74, 6) is -3.99. The summed E-state index contributed by atoms with van der Waals surface area (Å²) in [6.45, 7) is 10.5. The van der Waals surface area contributed by atoms with Crippen LogP contribution in [-0.4, -0.2) is 131 Å². The van der Waals surface area contributed by atoms with E-state index in [1.165, 1.54) is 31.4 Å². The molecule has 7 rings (SSSR count). The maximum Gasteiger partial charge on any atom is 0.319 e. The molecule has 4 aliphatic rings. The number of methoxy groups -OCH3 is 1. The highest BCUT2D eigenvalue weighted by atomic mass is 32.2. The molecule has 2 aliphatic heterocycles. The lowest BCUT2D eigenvalue weighted by Gasteiger charge is -2.35. The Morgan fingerprint density at radius 1 is 1.05 bits per heavy atom. The van der Waals surface area contributed by atoms with Crippen LogP contribution in [0.2, 0.25) is 0 Å². The second-order valence-electron chi connectivity index (χ2n) is 16.6. The van der Waals surface area contributed by atoms with Crippen LogP contribution in [0.1, 0.15) is 58.9 Å². The number of likely N-dealkylation sites (N-methyl/N-ethyl adjacent to an activating group) is 1. The van der Waals surface area contributed by atoms with Gasteiger partial charge in [0, 0.05) is 62.2 Å². The minimum absolute atomic E-state index is 0.0240. The van der Waals surface area contributed by atoms with E-state index in [1.807, 2.05) is 41.6 Å². The van der Waals surface area contributed by atoms with E-state index in [0.717, 1.165) is 24.8 Å². The summed E-state index contributed by atoms with van der Waals surface area (Å²) >= 11 is 1.39. The molecule has 5 atom stereocenters. The van der Waals surface area contributed by atoms with Crippen molar-refractivity contribution >= 4 is 45.2 Å². The average Bonchev–Trinajstić information content (AvgIpc) is 3.61. The van der Waals surface area contributed by atoms with Gasteiger partial charge in [-0.2, -0.15) is 22.6 Å². The van der Waals surface area contributed by atoms with E-state index in [9.17, 15) is 27.6 Å². The zero-order chi connectivity index (χ0) is 41.6. The van der Waals surface area contributed by atoms with Gasteiger partial charge in [-0.25, -0.2) is 9.71 Å². The number of ether oxygens (including phenoxy) is 2. The second kappa shape index (κ2) is 16.1. The summed E-state index contributed by atoms with van der Waals surface area (Å²) in [6.07, 6.45) is 5.40. The molecule has 0 radical (unpaired) electrons. The second-order valence-corrected chi connectivity index (χ2v) is 19.2. The molecule has 1 aromatic carbocycles. The molecule has 0 unspecified atom stereocenters. The average molecular weight is 838 g/mol. The first kappa shape index (κ1) is 41.4. The largest absolute Gasteiger partial charge is 0.497 e. The molecule has 17 nitrogen and oxygen atoms in total. The van der Waals surface area contributed by atoms with Crippen molar-refractivity contribution in [2.75, 3.05) is 46.9 Å². The highest BCUT2D eigenvalue weighted by Crippen LogP contribution is 2.46. The van der Waals surface area contributed by atoms with E-state index in [1.54, 1.807) is 34.1 Å². The lowest BCUT2D eigenvalue weighted by atomic mass is 9.79. The Balaban J connectivity index is 1.21. The maximum atomic E-state index is 14.8. The number of rotatable bonds is 13. The quantitative estimate of drug-likeness (QED) is 0.145. The van der Waals surface area contributed by atoms with Gasteiger partial charge in [-0.15, -0.1) is 23.0 Å². The van der Waals surface area contributed by atoms with Crippen LogP contribution >= 0.6 is 11.3 Å². The monoisotopic (exact) mass is 837 g/mol. The van der Waals surface area contributed by atoms with Gasteiger partial charge < -0.3 is 24.6 Å². The fourth-order valence-corrected chi connectivity index (χ4v) is 9.55. The first-order chi connectivity index (χ1) is 27.5. The molecular weight excluding hydrogens is 787 g/mol. The predicted octanol–water partition coefficient (Wildman–Crippen LogP) is 2.65. The van der Waals surface area contributed by atoms with E-state index in [4.69, 9.17) is 19.7 Å². The smallest absolute Gasteiger partial charge is 0.319 e. The minimum Gasteiger partial charge on any atom is -0.497 e. The predicted molar refractivity (Wildman–Crippen MR) is 214 cm³/mol. The van der Waals surface area contributed by atoms with Crippen molar-refractivity contribution in [3.05, 3.63) is 48.5 Å². The number of benzene rings is 1. The highest BCUT2D eigenvalue weighted by molar-refractivity contribution is 7.87. The van der Waals surface area contributed by atoms with E-state index >= 15 is 0 Å². The summed E-state index contributed by atoms with van der Waals surface area (Å²) in [6, 6.07) is 5.48. The van der Waals surface area contributed by atoms with Gasteiger partial charge in [-0.3, -0.25) is 19.2 Å². The number of amides is 3. The molecule has 4 fully saturated rings. The standard InChI is InChI=1S/C39H51N9O8S2/c1-7-25-22-39(25,37(52)44-58(53,54)46-18-16-45(5)17-19-46)41-33(49)29-21-26(23-47(29)35(50)30(38(2,3)4)36(51)56-28-9-8-10-28)48-42-31(24-11-13-27(55-6)14-12-24)32(43-48)34-40-15-20-57-34/h7,11-15,20,25-26,28-30H,1,8-10,16-19,21-23H2,2-6H3,(H,41,49)(H,44,52)/t25-,26-,29+,30-,39+/m1/s1. The number of nitrogens with zero attached hydrogens (tertiary/aromatic N) is 7. The van der Waals surface area contributed by atoms with Crippen molar-refractivity contribution in [1.82, 2.24) is 44.1 Å². The number of hydrogen-bond donors (Lipinski definition) is 2. The first-order valence-corrected chi connectivity index (χ1v) is 21.8. The summed E-state index contributed by atoms with van der Waals surface area (Å²) < 4.78 is 41.2. The number of carbonyl (C=O) groups is 4. The lowest BCUT2D eigenvalue weighted by molar-refractivity contribution is -0.169. The Bertz CT molecular complexity index is 2140. The summed E-state index contributed by atoms with van der Waals surface area (Å²) in [4.78, 5) is 66.3. The fourth-order valence-electron chi connectivity index (χ4n) is 7.74. The van der Waals surface area contributed by atoms with Crippen LogP contribution in [0.4, 0.5) is 0 Å². The van der Waals surface area contributed by atoms with Gasteiger partial charge in [-0.1, -0.05) is 26.8 Å². The SMILES string of the molecule is C=C[C@@H]1C[C@@]1(NC(=O)[C@@H]1C[C@@H](n2nc(-c3ccc(OC)cc3)c(-c3nccs3)n2)CN1C(=O)[C@H](C(=O)OC1CCC1)C(C)(C)C)C(=O)NS(=O)(=O)N1CCN(C)CC1. The summed E-state index contributed by atoms with van der Waals surface area (Å²) in [5.41, 5.74) is -0.728. The number of esters is 1. The molecule has 4 heterocycles. The Labute approximate surface area is 342 Å². The molecule has 2 N–H and O–H groups in total. The van der Waals surface area contributed by atoms with Crippen molar-refractivity contribution in [2.24, 2.45) is 17.3 Å². The van der Waals surface area contributed by atoms with Gasteiger partial charge >= 0.3 is 16.2 Å². The Hall–Kier alpha value is -4.72. The molecule has 3 aromatic rings. The summed E-state index contributed by atoms with van der Waals surface area (Å²) in [5, 5.41) is 15.0.